The van der Waals surface area contributed by atoms with Gasteiger partial charge in [0.1, 0.15) is 0 Å². The molecule has 0 aromatic heterocycles. The third-order valence-electron chi connectivity index (χ3n) is 3.09. The molecule has 2 aromatic rings. The first-order valence-corrected chi connectivity index (χ1v) is 7.27. The number of amides is 2. The monoisotopic (exact) mass is 336 g/mol. The molecule has 0 aliphatic heterocycles. The largest absolute Gasteiger partial charge is 0.271 e. The van der Waals surface area contributed by atoms with E-state index in [0.717, 1.165) is 11.1 Å². The molecule has 0 bridgehead atoms. The number of benzene rings is 2. The second-order valence-corrected chi connectivity index (χ2v) is 5.69. The summed E-state index contributed by atoms with van der Waals surface area (Å²) in [6.07, 6.45) is 0. The van der Waals surface area contributed by atoms with Crippen LogP contribution in [0.15, 0.2) is 36.4 Å². The molecule has 2 rings (SSSR count). The zero-order chi connectivity index (χ0) is 16.3. The third kappa shape index (κ3) is 3.78. The van der Waals surface area contributed by atoms with Crippen LogP contribution in [0.5, 0.6) is 0 Å². The molecule has 4 nitrogen and oxygen atoms in total. The number of carbonyl (C=O) groups is 2. The van der Waals surface area contributed by atoms with Crippen molar-refractivity contribution in [2.75, 3.05) is 0 Å². The van der Waals surface area contributed by atoms with Crippen molar-refractivity contribution < 1.29 is 9.59 Å². The normalized spacial score (nSPS) is 10.2. The van der Waals surface area contributed by atoms with Crippen molar-refractivity contribution in [3.63, 3.8) is 0 Å². The summed E-state index contributed by atoms with van der Waals surface area (Å²) in [7, 11) is 0. The highest BCUT2D eigenvalue weighted by atomic mass is 35.5. The van der Waals surface area contributed by atoms with E-state index in [0.29, 0.717) is 10.6 Å². The predicted molar refractivity (Wildman–Crippen MR) is 87.3 cm³/mol. The number of rotatable bonds is 2. The van der Waals surface area contributed by atoms with Gasteiger partial charge in [-0.2, -0.15) is 0 Å². The predicted octanol–water partition coefficient (Wildman–Crippen LogP) is 3.69. The van der Waals surface area contributed by atoms with Crippen LogP contribution in [0.4, 0.5) is 0 Å². The number of hydrazine groups is 1. The molecular weight excluding hydrogens is 323 g/mol. The van der Waals surface area contributed by atoms with Crippen LogP contribution in [0.3, 0.4) is 0 Å². The molecule has 2 amide bonds. The maximum absolute atomic E-state index is 12.1. The quantitative estimate of drug-likeness (QED) is 0.821. The van der Waals surface area contributed by atoms with Gasteiger partial charge in [0.2, 0.25) is 0 Å². The Morgan fingerprint density at radius 3 is 2.05 bits per heavy atom. The van der Waals surface area contributed by atoms with Crippen molar-refractivity contribution in [1.29, 1.82) is 0 Å². The molecule has 114 valence electrons. The molecule has 0 unspecified atom stereocenters. The molecular formula is C16H14Cl2N2O2. The highest BCUT2D eigenvalue weighted by Gasteiger charge is 2.13. The van der Waals surface area contributed by atoms with Gasteiger partial charge in [-0.1, -0.05) is 40.9 Å². The number of hydrogen-bond acceptors (Lipinski definition) is 2. The summed E-state index contributed by atoms with van der Waals surface area (Å²) >= 11 is 11.7. The Labute approximate surface area is 138 Å². The van der Waals surface area contributed by atoms with E-state index in [1.54, 1.807) is 12.1 Å². The van der Waals surface area contributed by atoms with E-state index in [-0.39, 0.29) is 10.6 Å². The van der Waals surface area contributed by atoms with Crippen LogP contribution in [0, 0.1) is 13.8 Å². The average Bonchev–Trinajstić information content (AvgIpc) is 2.44. The highest BCUT2D eigenvalue weighted by molar-refractivity contribution is 6.36. The van der Waals surface area contributed by atoms with Gasteiger partial charge in [0.25, 0.3) is 11.8 Å². The van der Waals surface area contributed by atoms with Crippen molar-refractivity contribution in [3.8, 4) is 0 Å². The molecule has 0 fully saturated rings. The third-order valence-corrected chi connectivity index (χ3v) is 3.64. The minimum Gasteiger partial charge on any atom is -0.267 e. The van der Waals surface area contributed by atoms with Gasteiger partial charge in [-0.25, -0.2) is 0 Å². The van der Waals surface area contributed by atoms with E-state index in [1.807, 2.05) is 26.0 Å². The first-order chi connectivity index (χ1) is 10.4. The minimum absolute atomic E-state index is 0.214. The fraction of sp³-hybridized carbons (Fsp3) is 0.125. The Bertz CT molecular complexity index is 681. The van der Waals surface area contributed by atoms with Gasteiger partial charge in [0.05, 0.1) is 10.6 Å². The van der Waals surface area contributed by atoms with E-state index in [1.165, 1.54) is 12.1 Å². The molecule has 22 heavy (non-hydrogen) atoms. The van der Waals surface area contributed by atoms with Crippen LogP contribution in [0.2, 0.25) is 10.0 Å². The number of nitrogens with one attached hydrogen (secondary N) is 2. The maximum Gasteiger partial charge on any atom is 0.271 e. The Kier molecular flexibility index (Phi) is 5.06. The second kappa shape index (κ2) is 6.81. The fourth-order valence-corrected chi connectivity index (χ4v) is 2.48. The zero-order valence-corrected chi connectivity index (χ0v) is 13.5. The average molecular weight is 337 g/mol. The van der Waals surface area contributed by atoms with Crippen molar-refractivity contribution in [1.82, 2.24) is 10.9 Å². The molecule has 0 aliphatic carbocycles. The molecule has 2 N–H and O–H groups in total. The lowest BCUT2D eigenvalue weighted by atomic mass is 10.1. The fourth-order valence-electron chi connectivity index (χ4n) is 1.99. The minimum atomic E-state index is -0.514. The van der Waals surface area contributed by atoms with Gasteiger partial charge in [0, 0.05) is 10.6 Å². The Hall–Kier alpha value is -2.04. The lowest BCUT2D eigenvalue weighted by Gasteiger charge is -2.10. The summed E-state index contributed by atoms with van der Waals surface area (Å²) in [6, 6.07) is 9.94. The summed E-state index contributed by atoms with van der Waals surface area (Å²) in [6.45, 7) is 3.78. The topological polar surface area (TPSA) is 58.2 Å². The molecule has 2 aromatic carbocycles. The molecule has 0 radical (unpaired) electrons. The van der Waals surface area contributed by atoms with Crippen LogP contribution < -0.4 is 10.9 Å². The zero-order valence-electron chi connectivity index (χ0n) is 12.0. The van der Waals surface area contributed by atoms with Gasteiger partial charge in [-0.05, 0) is 43.7 Å². The van der Waals surface area contributed by atoms with Crippen molar-refractivity contribution in [3.05, 3.63) is 68.7 Å². The summed E-state index contributed by atoms with van der Waals surface area (Å²) < 4.78 is 0. The lowest BCUT2D eigenvalue weighted by molar-refractivity contribution is 0.0846. The molecule has 0 spiro atoms. The van der Waals surface area contributed by atoms with Gasteiger partial charge in [-0.3, -0.25) is 20.4 Å². The smallest absolute Gasteiger partial charge is 0.267 e. The Balaban J connectivity index is 2.06. The number of carbonyl (C=O) groups excluding carboxylic acids is 2. The first-order valence-electron chi connectivity index (χ1n) is 6.51. The highest BCUT2D eigenvalue weighted by Crippen LogP contribution is 2.20. The van der Waals surface area contributed by atoms with Gasteiger partial charge in [-0.15, -0.1) is 0 Å². The van der Waals surface area contributed by atoms with Gasteiger partial charge in [0.15, 0.2) is 0 Å². The van der Waals surface area contributed by atoms with Crippen LogP contribution >= 0.6 is 23.2 Å². The van der Waals surface area contributed by atoms with Crippen molar-refractivity contribution >= 4 is 35.0 Å². The molecule has 0 saturated carbocycles. The Morgan fingerprint density at radius 2 is 1.45 bits per heavy atom. The molecule has 0 saturated heterocycles. The van der Waals surface area contributed by atoms with E-state index in [4.69, 9.17) is 23.2 Å². The standard InChI is InChI=1S/C16H14Cl2N2O2/c1-9-3-5-12(10(2)7-9)15(21)19-20-16(22)13-6-4-11(17)8-14(13)18/h3-8H,1-2H3,(H,19,21)(H,20,22). The summed E-state index contributed by atoms with van der Waals surface area (Å²) in [5, 5.41) is 0.645. The summed E-state index contributed by atoms with van der Waals surface area (Å²) in [5.41, 5.74) is 7.32. The van der Waals surface area contributed by atoms with Crippen molar-refractivity contribution in [2.24, 2.45) is 0 Å². The first kappa shape index (κ1) is 16.3. The van der Waals surface area contributed by atoms with Crippen LogP contribution in [-0.2, 0) is 0 Å². The SMILES string of the molecule is Cc1ccc(C(=O)NNC(=O)c2ccc(Cl)cc2Cl)c(C)c1. The van der Waals surface area contributed by atoms with Gasteiger partial charge >= 0.3 is 0 Å². The van der Waals surface area contributed by atoms with Crippen LogP contribution in [0.1, 0.15) is 31.8 Å². The molecule has 0 aliphatic rings. The van der Waals surface area contributed by atoms with E-state index < -0.39 is 11.8 Å². The van der Waals surface area contributed by atoms with Crippen LogP contribution in [0.25, 0.3) is 0 Å². The van der Waals surface area contributed by atoms with E-state index in [2.05, 4.69) is 10.9 Å². The van der Waals surface area contributed by atoms with Crippen LogP contribution in [-0.4, -0.2) is 11.8 Å². The van der Waals surface area contributed by atoms with E-state index in [9.17, 15) is 9.59 Å². The number of hydrogen-bond donors (Lipinski definition) is 2. The molecule has 6 heteroatoms. The van der Waals surface area contributed by atoms with E-state index >= 15 is 0 Å². The lowest BCUT2D eigenvalue weighted by Crippen LogP contribution is -2.42. The van der Waals surface area contributed by atoms with Crippen molar-refractivity contribution in [2.45, 2.75) is 13.8 Å². The Morgan fingerprint density at radius 1 is 0.864 bits per heavy atom. The molecule has 0 heterocycles. The summed E-state index contributed by atoms with van der Waals surface area (Å²) in [5.74, 6) is -0.907. The summed E-state index contributed by atoms with van der Waals surface area (Å²) in [4.78, 5) is 24.1. The van der Waals surface area contributed by atoms with Gasteiger partial charge < -0.3 is 0 Å². The second-order valence-electron chi connectivity index (χ2n) is 4.85. The number of halogens is 2. The maximum atomic E-state index is 12.1. The number of aryl methyl sites for hydroxylation is 2. The molecule has 0 atom stereocenters.